The third-order valence-corrected chi connectivity index (χ3v) is 10.3. The number of benzene rings is 1. The summed E-state index contributed by atoms with van der Waals surface area (Å²) in [7, 11) is -4.06. The zero-order valence-electron chi connectivity index (χ0n) is 24.1. The average molecular weight is 578 g/mol. The summed E-state index contributed by atoms with van der Waals surface area (Å²) < 4.78 is 36.1. The number of hydrogen-bond donors (Lipinski definition) is 1. The number of anilines is 1. The van der Waals surface area contributed by atoms with Crippen molar-refractivity contribution < 1.29 is 17.9 Å². The highest BCUT2D eigenvalue weighted by molar-refractivity contribution is 7.90. The van der Waals surface area contributed by atoms with Gasteiger partial charge in [-0.05, 0) is 100.0 Å². The summed E-state index contributed by atoms with van der Waals surface area (Å²) in [5.74, 6) is 1.27. The smallest absolute Gasteiger partial charge is 0.268 e. The largest absolute Gasteiger partial charge is 0.477 e. The molecule has 1 unspecified atom stereocenters. The SMILES string of the molecule is CC1(CCOc2ccn(-c3ccc4c(n3)N3CC(CCCCc5ccc(cc5)S(=O)(=O)NC4=O)CC3(C)C)n2)CC1. The molecule has 3 aromatic rings. The minimum Gasteiger partial charge on any atom is -0.477 e. The molecule has 1 saturated heterocycles. The van der Waals surface area contributed by atoms with Crippen LogP contribution >= 0.6 is 0 Å². The predicted molar refractivity (Wildman–Crippen MR) is 157 cm³/mol. The Bertz CT molecular complexity index is 1540. The maximum absolute atomic E-state index is 13.6. The molecule has 1 atom stereocenters. The first-order valence-electron chi connectivity index (χ1n) is 14.7. The molecule has 218 valence electrons. The number of nitrogens with zero attached hydrogens (tertiary/aromatic N) is 4. The number of carbonyl (C=O) groups is 1. The van der Waals surface area contributed by atoms with E-state index in [9.17, 15) is 13.2 Å². The van der Waals surface area contributed by atoms with Crippen LogP contribution in [0.1, 0.15) is 81.6 Å². The lowest BCUT2D eigenvalue weighted by molar-refractivity contribution is 0.0981. The van der Waals surface area contributed by atoms with Crippen LogP contribution in [0.15, 0.2) is 53.6 Å². The minimum atomic E-state index is -4.06. The van der Waals surface area contributed by atoms with E-state index in [1.54, 1.807) is 35.1 Å². The van der Waals surface area contributed by atoms with Crippen LogP contribution in [-0.2, 0) is 16.4 Å². The van der Waals surface area contributed by atoms with Gasteiger partial charge in [0, 0.05) is 24.3 Å². The molecule has 1 aromatic carbocycles. The molecule has 1 N–H and O–H groups in total. The number of fused-ring (bicyclic) bond motifs is 7. The second kappa shape index (κ2) is 10.5. The Morgan fingerprint density at radius 3 is 2.59 bits per heavy atom. The number of nitrogens with one attached hydrogen (secondary N) is 1. The summed E-state index contributed by atoms with van der Waals surface area (Å²) in [6.45, 7) is 7.96. The fraction of sp³-hybridized carbons (Fsp3) is 0.516. The lowest BCUT2D eigenvalue weighted by atomic mass is 9.92. The molecule has 5 heterocycles. The number of hydrogen-bond acceptors (Lipinski definition) is 7. The van der Waals surface area contributed by atoms with E-state index in [1.807, 2.05) is 18.2 Å². The Hall–Kier alpha value is -3.40. The minimum absolute atomic E-state index is 0.0640. The third-order valence-electron chi connectivity index (χ3n) is 8.97. The first kappa shape index (κ1) is 27.8. The Labute approximate surface area is 242 Å². The second-order valence-electron chi connectivity index (χ2n) is 12.9. The van der Waals surface area contributed by atoms with Gasteiger partial charge in [0.1, 0.15) is 5.82 Å². The maximum atomic E-state index is 13.6. The molecule has 2 fully saturated rings. The number of ether oxygens (including phenoxy) is 1. The molecule has 1 aliphatic carbocycles. The van der Waals surface area contributed by atoms with Crippen molar-refractivity contribution in [3.63, 3.8) is 0 Å². The molecule has 3 aliphatic heterocycles. The Balaban J connectivity index is 1.34. The van der Waals surface area contributed by atoms with Crippen LogP contribution in [0, 0.1) is 11.3 Å². The number of aromatic nitrogens is 3. The molecule has 0 radical (unpaired) electrons. The van der Waals surface area contributed by atoms with Gasteiger partial charge in [-0.3, -0.25) is 4.79 Å². The third kappa shape index (κ3) is 5.98. The van der Waals surface area contributed by atoms with Gasteiger partial charge < -0.3 is 9.64 Å². The van der Waals surface area contributed by atoms with E-state index in [4.69, 9.17) is 9.72 Å². The van der Waals surface area contributed by atoms with Gasteiger partial charge in [0.25, 0.3) is 15.9 Å². The van der Waals surface area contributed by atoms with Gasteiger partial charge in [0.2, 0.25) is 5.88 Å². The molecule has 9 nitrogen and oxygen atoms in total. The van der Waals surface area contributed by atoms with E-state index in [0.29, 0.717) is 35.5 Å². The van der Waals surface area contributed by atoms with Crippen LogP contribution in [-0.4, -0.2) is 47.8 Å². The van der Waals surface area contributed by atoms with Crippen LogP contribution < -0.4 is 14.4 Å². The molecule has 2 aromatic heterocycles. The number of rotatable bonds is 5. The van der Waals surface area contributed by atoms with Gasteiger partial charge >= 0.3 is 0 Å². The standard InChI is InChI=1S/C31H39N5O4S/c1-30(2)20-23-7-5-4-6-22-8-10-24(11-9-22)41(38,39)34-29(37)25-12-13-26(32-28(25)35(30)21-23)36-18-14-27(33-36)40-19-17-31(3)15-16-31/h8-14,18,23H,4-7,15-17,19-21H2,1-3H3,(H,34,37). The first-order valence-corrected chi connectivity index (χ1v) is 16.1. The van der Waals surface area contributed by atoms with E-state index in [0.717, 1.165) is 50.6 Å². The summed E-state index contributed by atoms with van der Waals surface area (Å²) >= 11 is 0. The average Bonchev–Trinajstić information content (AvgIpc) is 3.33. The zero-order valence-corrected chi connectivity index (χ0v) is 24.9. The summed E-state index contributed by atoms with van der Waals surface area (Å²) in [6.07, 6.45) is 10.4. The van der Waals surface area contributed by atoms with Crippen molar-refractivity contribution in [3.8, 4) is 11.7 Å². The van der Waals surface area contributed by atoms with Crippen LogP contribution in [0.3, 0.4) is 0 Å². The van der Waals surface area contributed by atoms with E-state index in [2.05, 4.69) is 35.5 Å². The molecule has 41 heavy (non-hydrogen) atoms. The van der Waals surface area contributed by atoms with E-state index >= 15 is 0 Å². The van der Waals surface area contributed by atoms with Crippen LogP contribution in [0.4, 0.5) is 5.82 Å². The highest BCUT2D eigenvalue weighted by atomic mass is 32.2. The first-order chi connectivity index (χ1) is 19.5. The molecule has 10 heteroatoms. The van der Waals surface area contributed by atoms with Crippen molar-refractivity contribution >= 4 is 21.7 Å². The second-order valence-corrected chi connectivity index (χ2v) is 14.5. The fourth-order valence-corrected chi connectivity index (χ4v) is 7.08. The van der Waals surface area contributed by atoms with Crippen LogP contribution in [0.25, 0.3) is 5.82 Å². The van der Waals surface area contributed by atoms with E-state index < -0.39 is 15.9 Å². The van der Waals surface area contributed by atoms with Crippen molar-refractivity contribution in [3.05, 3.63) is 59.8 Å². The van der Waals surface area contributed by atoms with Gasteiger partial charge in [-0.15, -0.1) is 5.10 Å². The van der Waals surface area contributed by atoms with E-state index in [-0.39, 0.29) is 16.0 Å². The molecule has 4 bridgehead atoms. The molecule has 1 amide bonds. The number of pyridine rings is 1. The Morgan fingerprint density at radius 2 is 1.83 bits per heavy atom. The normalized spacial score (nSPS) is 22.7. The monoisotopic (exact) mass is 577 g/mol. The molecule has 7 rings (SSSR count). The predicted octanol–water partition coefficient (Wildman–Crippen LogP) is 5.29. The van der Waals surface area contributed by atoms with Crippen molar-refractivity contribution in [1.82, 2.24) is 19.5 Å². The lowest BCUT2D eigenvalue weighted by Crippen LogP contribution is -2.41. The zero-order chi connectivity index (χ0) is 28.8. The maximum Gasteiger partial charge on any atom is 0.268 e. The van der Waals surface area contributed by atoms with Crippen molar-refractivity contribution in [2.24, 2.45) is 11.3 Å². The summed E-state index contributed by atoms with van der Waals surface area (Å²) in [6, 6.07) is 12.0. The van der Waals surface area contributed by atoms with E-state index in [1.165, 1.54) is 12.8 Å². The van der Waals surface area contributed by atoms with Gasteiger partial charge in [-0.2, -0.15) is 0 Å². The highest BCUT2D eigenvalue weighted by Gasteiger charge is 2.41. The molecule has 0 spiro atoms. The highest BCUT2D eigenvalue weighted by Crippen LogP contribution is 2.48. The number of carbonyl (C=O) groups excluding carboxylic acids is 1. The van der Waals surface area contributed by atoms with Gasteiger partial charge in [0.15, 0.2) is 5.82 Å². The molecule has 4 aliphatic rings. The molecular weight excluding hydrogens is 538 g/mol. The van der Waals surface area contributed by atoms with Gasteiger partial charge in [0.05, 0.1) is 17.1 Å². The Morgan fingerprint density at radius 1 is 1.05 bits per heavy atom. The van der Waals surface area contributed by atoms with Crippen molar-refractivity contribution in [1.29, 1.82) is 0 Å². The van der Waals surface area contributed by atoms with Crippen molar-refractivity contribution in [2.45, 2.75) is 82.6 Å². The number of sulfonamides is 1. The lowest BCUT2D eigenvalue weighted by Gasteiger charge is -2.34. The quantitative estimate of drug-likeness (QED) is 0.439. The number of amides is 1. The van der Waals surface area contributed by atoms with Gasteiger partial charge in [-0.1, -0.05) is 25.5 Å². The van der Waals surface area contributed by atoms with Crippen LogP contribution in [0.5, 0.6) is 5.88 Å². The molecule has 1 saturated carbocycles. The topological polar surface area (TPSA) is 106 Å². The van der Waals surface area contributed by atoms with Gasteiger partial charge in [-0.25, -0.2) is 22.8 Å². The fourth-order valence-electron chi connectivity index (χ4n) is 6.11. The van der Waals surface area contributed by atoms with Crippen LogP contribution in [0.2, 0.25) is 0 Å². The molecular formula is C31H39N5O4S. The summed E-state index contributed by atoms with van der Waals surface area (Å²) in [5.41, 5.74) is 1.46. The number of aryl methyl sites for hydroxylation is 1. The summed E-state index contributed by atoms with van der Waals surface area (Å²) in [5, 5.41) is 4.58. The summed E-state index contributed by atoms with van der Waals surface area (Å²) in [4.78, 5) is 20.7. The Kier molecular flexibility index (Phi) is 7.08. The van der Waals surface area contributed by atoms with Crippen molar-refractivity contribution in [2.75, 3.05) is 18.1 Å².